The molecule has 3 aliphatic heterocycles. The number of ether oxygens (including phenoxy) is 3. The molecular weight excluding hydrogens is 854 g/mol. The van der Waals surface area contributed by atoms with Crippen LogP contribution in [0, 0.1) is 12.3 Å². The lowest BCUT2D eigenvalue weighted by molar-refractivity contribution is -0.144. The third kappa shape index (κ3) is 14.3. The van der Waals surface area contributed by atoms with Crippen LogP contribution < -0.4 is 26.6 Å². The number of amides is 6. The molecule has 61 heavy (non-hydrogen) atoms. The van der Waals surface area contributed by atoms with Gasteiger partial charge in [-0.25, -0.2) is 9.78 Å². The number of hydrogen-bond acceptors (Lipinski definition) is 13. The fourth-order valence-corrected chi connectivity index (χ4v) is 10.5. The van der Waals surface area contributed by atoms with Gasteiger partial charge in [-0.1, -0.05) is 51.5 Å². The number of hydrogen-bond donors (Lipinski definition) is 5. The molecule has 1 aromatic carbocycles. The van der Waals surface area contributed by atoms with Crippen molar-refractivity contribution in [2.24, 2.45) is 5.41 Å². The van der Waals surface area contributed by atoms with E-state index in [-0.39, 0.29) is 50.4 Å². The van der Waals surface area contributed by atoms with E-state index in [0.29, 0.717) is 31.4 Å². The number of carbonyl (C=O) groups excluding carboxylic acids is 5. The highest BCUT2D eigenvalue weighted by Gasteiger charge is 2.48. The molecule has 17 nitrogen and oxygen atoms in total. The maximum atomic E-state index is 14.3. The lowest BCUT2D eigenvalue weighted by Crippen LogP contribution is -2.58. The second kappa shape index (κ2) is 22.5. The Morgan fingerprint density at radius 2 is 1.69 bits per heavy atom. The molecule has 3 aliphatic rings. The average Bonchev–Trinajstić information content (AvgIpc) is 4.01. The first-order valence-electron chi connectivity index (χ1n) is 20.5. The average molecular weight is 912 g/mol. The summed E-state index contributed by atoms with van der Waals surface area (Å²) in [4.78, 5) is 70.4. The number of benzene rings is 1. The van der Waals surface area contributed by atoms with Gasteiger partial charge in [-0.15, -0.1) is 15.2 Å². The standard InChI is InChI=1S/C40H58FN7O10S3/c1-25-35(60-24-44-25)27-11-9-26(10-12-27)20-43-37(51)30-19-28(61(41,54)55)21-48(30)38(52)36(40(2,3)4)46-33(50)22-58-18-17-57-16-15-56-14-13-42-32(49)8-6-5-7-31-34-29(23-59-31)45-39(53)47-34/h9-12,24,28-31,34,36H,5-8,13-23H2,1-4H3,(H,42,49)(H,43,51)(H,46,50)(H2,45,47,53)/t28-,29+,30+,31-,34+,36-/m1/s1. The Bertz CT molecular complexity index is 1930. The van der Waals surface area contributed by atoms with Gasteiger partial charge in [-0.05, 0) is 42.7 Å². The van der Waals surface area contributed by atoms with Crippen molar-refractivity contribution in [1.29, 1.82) is 0 Å². The van der Waals surface area contributed by atoms with Gasteiger partial charge < -0.3 is 45.7 Å². The molecule has 0 saturated carbocycles. The quantitative estimate of drug-likeness (QED) is 0.0617. The number of nitrogens with one attached hydrogen (secondary N) is 5. The molecule has 0 bridgehead atoms. The minimum absolute atomic E-state index is 0.0346. The molecule has 0 radical (unpaired) electrons. The first-order chi connectivity index (χ1) is 29.0. The summed E-state index contributed by atoms with van der Waals surface area (Å²) in [5, 5.41) is 13.0. The summed E-state index contributed by atoms with van der Waals surface area (Å²) in [5.41, 5.74) is 3.53. The molecule has 21 heteroatoms. The van der Waals surface area contributed by atoms with Gasteiger partial charge in [0.2, 0.25) is 23.6 Å². The Labute approximate surface area is 365 Å². The van der Waals surface area contributed by atoms with Crippen LogP contribution in [0.15, 0.2) is 29.8 Å². The number of thioether (sulfide) groups is 1. The summed E-state index contributed by atoms with van der Waals surface area (Å²) in [6, 6.07) is 5.29. The second-order valence-electron chi connectivity index (χ2n) is 16.4. The normalized spacial score (nSPS) is 21.7. The van der Waals surface area contributed by atoms with E-state index in [1.165, 1.54) is 11.3 Å². The van der Waals surface area contributed by atoms with Gasteiger partial charge in [0.15, 0.2) is 0 Å². The fourth-order valence-electron chi connectivity index (χ4n) is 7.40. The van der Waals surface area contributed by atoms with Crippen molar-refractivity contribution < 1.29 is 50.5 Å². The lowest BCUT2D eigenvalue weighted by atomic mass is 9.85. The SMILES string of the molecule is Cc1ncsc1-c1ccc(CNC(=O)[C@@H]2C[C@@H](S(=O)(=O)F)CN2C(=O)[C@@H](NC(=O)COCCOCCOCCNC(=O)CCCC[C@H]2SC[C@@H]3NC(=O)N[C@@H]32)C(C)(C)C)cc1. The summed E-state index contributed by atoms with van der Waals surface area (Å²) in [7, 11) is -5.09. The van der Waals surface area contributed by atoms with E-state index < -0.39 is 70.3 Å². The number of likely N-dealkylation sites (tertiary alicyclic amines) is 1. The molecule has 6 amide bonds. The van der Waals surface area contributed by atoms with Crippen LogP contribution >= 0.6 is 23.1 Å². The van der Waals surface area contributed by atoms with Gasteiger partial charge in [-0.2, -0.15) is 20.2 Å². The first-order valence-corrected chi connectivity index (χ1v) is 23.9. The zero-order chi connectivity index (χ0) is 44.2. The molecule has 0 aliphatic carbocycles. The number of aryl methyl sites for hydroxylation is 1. The molecule has 3 saturated heterocycles. The Balaban J connectivity index is 0.955. The van der Waals surface area contributed by atoms with Crippen LogP contribution in [-0.2, 0) is 50.2 Å². The number of fused-ring (bicyclic) bond motifs is 1. The van der Waals surface area contributed by atoms with E-state index in [1.54, 1.807) is 26.3 Å². The Morgan fingerprint density at radius 3 is 2.36 bits per heavy atom. The Hall–Kier alpha value is -3.89. The van der Waals surface area contributed by atoms with E-state index in [1.807, 2.05) is 43.0 Å². The minimum atomic E-state index is -5.09. The number of thiazole rings is 1. The molecule has 2 aromatic rings. The highest BCUT2D eigenvalue weighted by atomic mass is 32.3. The van der Waals surface area contributed by atoms with Crippen LogP contribution in [0.25, 0.3) is 10.4 Å². The number of unbranched alkanes of at least 4 members (excludes halogenated alkanes) is 1. The minimum Gasteiger partial charge on any atom is -0.377 e. The van der Waals surface area contributed by atoms with Crippen molar-refractivity contribution >= 4 is 63.0 Å². The van der Waals surface area contributed by atoms with Crippen LogP contribution in [0.4, 0.5) is 8.68 Å². The molecular formula is C40H58FN7O10S3. The first kappa shape index (κ1) is 48.1. The van der Waals surface area contributed by atoms with Crippen molar-refractivity contribution in [3.8, 4) is 10.4 Å². The smallest absolute Gasteiger partial charge is 0.315 e. The van der Waals surface area contributed by atoms with Crippen LogP contribution in [-0.4, -0.2) is 141 Å². The topological polar surface area (TPSA) is 223 Å². The number of urea groups is 1. The Morgan fingerprint density at radius 1 is 0.984 bits per heavy atom. The summed E-state index contributed by atoms with van der Waals surface area (Å²) in [5.74, 6) is -1.09. The zero-order valence-corrected chi connectivity index (χ0v) is 37.5. The van der Waals surface area contributed by atoms with Crippen molar-refractivity contribution in [1.82, 2.24) is 36.5 Å². The van der Waals surface area contributed by atoms with Gasteiger partial charge in [0.1, 0.15) is 23.9 Å². The van der Waals surface area contributed by atoms with Crippen LogP contribution in [0.2, 0.25) is 0 Å². The number of nitrogens with zero attached hydrogens (tertiary/aromatic N) is 2. The fraction of sp³-hybridized carbons (Fsp3) is 0.650. The summed E-state index contributed by atoms with van der Waals surface area (Å²) < 4.78 is 54.6. The van der Waals surface area contributed by atoms with Crippen LogP contribution in [0.5, 0.6) is 0 Å². The molecule has 1 aromatic heterocycles. The molecule has 5 rings (SSSR count). The Kier molecular flexibility index (Phi) is 17.7. The van der Waals surface area contributed by atoms with E-state index in [0.717, 1.165) is 51.6 Å². The highest BCUT2D eigenvalue weighted by molar-refractivity contribution is 8.00. The number of rotatable bonds is 23. The summed E-state index contributed by atoms with van der Waals surface area (Å²) in [6.45, 7) is 7.67. The summed E-state index contributed by atoms with van der Waals surface area (Å²) in [6.07, 6.45) is 2.64. The van der Waals surface area contributed by atoms with Crippen LogP contribution in [0.3, 0.4) is 0 Å². The molecule has 6 atom stereocenters. The largest absolute Gasteiger partial charge is 0.377 e. The van der Waals surface area contributed by atoms with Gasteiger partial charge in [-0.3, -0.25) is 19.2 Å². The molecule has 338 valence electrons. The molecule has 4 heterocycles. The third-order valence-electron chi connectivity index (χ3n) is 10.7. The van der Waals surface area contributed by atoms with Gasteiger partial charge in [0, 0.05) is 37.1 Å². The third-order valence-corrected chi connectivity index (χ3v) is 14.3. The molecule has 0 unspecified atom stereocenters. The van der Waals surface area contributed by atoms with Crippen molar-refractivity contribution in [3.63, 3.8) is 0 Å². The predicted molar refractivity (Wildman–Crippen MR) is 229 cm³/mol. The zero-order valence-electron chi connectivity index (χ0n) is 35.0. The number of aromatic nitrogens is 1. The molecule has 5 N–H and O–H groups in total. The number of carbonyl (C=O) groups is 5. The highest BCUT2D eigenvalue weighted by Crippen LogP contribution is 2.33. The maximum Gasteiger partial charge on any atom is 0.315 e. The van der Waals surface area contributed by atoms with E-state index in [9.17, 15) is 36.3 Å². The lowest BCUT2D eigenvalue weighted by Gasteiger charge is -2.35. The van der Waals surface area contributed by atoms with Gasteiger partial charge in [0.05, 0.1) is 61.2 Å². The van der Waals surface area contributed by atoms with Crippen LogP contribution in [0.1, 0.15) is 64.1 Å². The molecule has 0 spiro atoms. The summed E-state index contributed by atoms with van der Waals surface area (Å²) >= 11 is 3.38. The second-order valence-corrected chi connectivity index (χ2v) is 20.1. The number of halogens is 1. The van der Waals surface area contributed by atoms with Crippen molar-refractivity contribution in [3.05, 3.63) is 41.0 Å². The predicted octanol–water partition coefficient (Wildman–Crippen LogP) is 2.43. The van der Waals surface area contributed by atoms with E-state index >= 15 is 0 Å². The van der Waals surface area contributed by atoms with Crippen molar-refractivity contribution in [2.45, 2.75) is 101 Å². The maximum absolute atomic E-state index is 14.3. The van der Waals surface area contributed by atoms with E-state index in [2.05, 4.69) is 31.6 Å². The van der Waals surface area contributed by atoms with Gasteiger partial charge >= 0.3 is 16.3 Å². The van der Waals surface area contributed by atoms with E-state index in [4.69, 9.17) is 14.2 Å². The monoisotopic (exact) mass is 911 g/mol. The van der Waals surface area contributed by atoms with Crippen molar-refractivity contribution in [2.75, 3.05) is 58.5 Å². The van der Waals surface area contributed by atoms with Gasteiger partial charge in [0.25, 0.3) is 0 Å². The molecule has 3 fully saturated rings.